The summed E-state index contributed by atoms with van der Waals surface area (Å²) in [6, 6.07) is 7.08. The third-order valence-electron chi connectivity index (χ3n) is 5.39. The van der Waals surface area contributed by atoms with Gasteiger partial charge in [-0.2, -0.15) is 0 Å². The van der Waals surface area contributed by atoms with Crippen molar-refractivity contribution in [3.63, 3.8) is 0 Å². The lowest BCUT2D eigenvalue weighted by atomic mass is 10.0. The third-order valence-corrected chi connectivity index (χ3v) is 5.82. The van der Waals surface area contributed by atoms with Gasteiger partial charge in [0.05, 0.1) is 17.2 Å². The van der Waals surface area contributed by atoms with Crippen LogP contribution >= 0.6 is 15.9 Å². The van der Waals surface area contributed by atoms with Gasteiger partial charge < -0.3 is 14.8 Å². The van der Waals surface area contributed by atoms with Crippen molar-refractivity contribution in [1.29, 1.82) is 0 Å². The molecule has 0 saturated carbocycles. The lowest BCUT2D eigenvalue weighted by Crippen LogP contribution is -2.43. The minimum atomic E-state index is -0.426. The average Bonchev–Trinajstić information content (AvgIpc) is 2.72. The number of fused-ring (bicyclic) bond motifs is 1. The molecule has 3 aromatic heterocycles. The smallest absolute Gasteiger partial charge is 0.251 e. The fourth-order valence-corrected chi connectivity index (χ4v) is 4.20. The second kappa shape index (κ2) is 9.11. The molecule has 0 aliphatic carbocycles. The van der Waals surface area contributed by atoms with E-state index in [2.05, 4.69) is 42.2 Å². The first-order valence-corrected chi connectivity index (χ1v) is 10.6. The van der Waals surface area contributed by atoms with Crippen molar-refractivity contribution < 1.29 is 4.39 Å². The molecule has 4 heterocycles. The van der Waals surface area contributed by atoms with Crippen molar-refractivity contribution in [3.8, 4) is 0 Å². The molecule has 1 fully saturated rings. The van der Waals surface area contributed by atoms with E-state index in [1.165, 1.54) is 18.3 Å². The van der Waals surface area contributed by atoms with Crippen LogP contribution in [0.25, 0.3) is 11.0 Å². The highest BCUT2D eigenvalue weighted by Crippen LogP contribution is 2.14. The number of hydrogen-bond acceptors (Lipinski definition) is 5. The third kappa shape index (κ3) is 5.07. The van der Waals surface area contributed by atoms with E-state index in [1.54, 1.807) is 16.8 Å². The summed E-state index contributed by atoms with van der Waals surface area (Å²) in [7, 11) is 0. The summed E-state index contributed by atoms with van der Waals surface area (Å²) < 4.78 is 16.2. The molecular formula is C21H23BrFN5O. The molecule has 1 N–H and O–H groups in total. The van der Waals surface area contributed by atoms with Crippen molar-refractivity contribution >= 4 is 27.0 Å². The number of piperidine rings is 1. The number of pyridine rings is 3. The van der Waals surface area contributed by atoms with Gasteiger partial charge in [-0.1, -0.05) is 0 Å². The van der Waals surface area contributed by atoms with Crippen molar-refractivity contribution in [3.05, 3.63) is 69.1 Å². The predicted molar refractivity (Wildman–Crippen MR) is 114 cm³/mol. The Bertz CT molecular complexity index is 1050. The van der Waals surface area contributed by atoms with Crippen LogP contribution in [0.2, 0.25) is 0 Å². The lowest BCUT2D eigenvalue weighted by molar-refractivity contribution is 0.191. The zero-order chi connectivity index (χ0) is 20.2. The van der Waals surface area contributed by atoms with Crippen LogP contribution in [-0.2, 0) is 13.1 Å². The molecule has 0 atom stereocenters. The maximum Gasteiger partial charge on any atom is 0.251 e. The molecule has 0 bridgehead atoms. The molecule has 1 saturated heterocycles. The Labute approximate surface area is 176 Å². The van der Waals surface area contributed by atoms with E-state index in [-0.39, 0.29) is 5.56 Å². The molecule has 0 unspecified atom stereocenters. The summed E-state index contributed by atoms with van der Waals surface area (Å²) in [4.78, 5) is 22.9. The Morgan fingerprint density at radius 3 is 2.76 bits per heavy atom. The first-order chi connectivity index (χ1) is 14.1. The van der Waals surface area contributed by atoms with Crippen molar-refractivity contribution in [2.24, 2.45) is 0 Å². The second-order valence-electron chi connectivity index (χ2n) is 7.39. The van der Waals surface area contributed by atoms with Crippen LogP contribution in [-0.4, -0.2) is 45.1 Å². The maximum absolute atomic E-state index is 13.6. The fourth-order valence-electron chi connectivity index (χ4n) is 3.79. The minimum Gasteiger partial charge on any atom is -0.310 e. The van der Waals surface area contributed by atoms with Crippen LogP contribution in [0, 0.1) is 5.82 Å². The number of likely N-dealkylation sites (tertiary alicyclic amines) is 1. The van der Waals surface area contributed by atoms with Gasteiger partial charge >= 0.3 is 0 Å². The Balaban J connectivity index is 1.30. The molecule has 0 aromatic carbocycles. The summed E-state index contributed by atoms with van der Waals surface area (Å²) >= 11 is 3.45. The number of aromatic nitrogens is 3. The van der Waals surface area contributed by atoms with Gasteiger partial charge in [0.2, 0.25) is 0 Å². The van der Waals surface area contributed by atoms with Crippen molar-refractivity contribution in [2.45, 2.75) is 32.0 Å². The molecule has 1 aliphatic heterocycles. The van der Waals surface area contributed by atoms with Gasteiger partial charge in [-0.15, -0.1) is 0 Å². The quantitative estimate of drug-likeness (QED) is 0.613. The summed E-state index contributed by atoms with van der Waals surface area (Å²) in [5.74, 6) is -0.426. The second-order valence-corrected chi connectivity index (χ2v) is 8.31. The highest BCUT2D eigenvalue weighted by atomic mass is 79.9. The summed E-state index contributed by atoms with van der Waals surface area (Å²) in [6.45, 7) is 4.04. The van der Waals surface area contributed by atoms with Crippen LogP contribution in [0.5, 0.6) is 0 Å². The summed E-state index contributed by atoms with van der Waals surface area (Å²) in [6.07, 6.45) is 6.96. The van der Waals surface area contributed by atoms with E-state index in [4.69, 9.17) is 0 Å². The Morgan fingerprint density at radius 1 is 1.14 bits per heavy atom. The standard InChI is InChI=1S/C21H23BrFN5O/c22-16-9-15(11-24-13-16)12-25-18-3-5-27(6-4-18)7-8-28-20-10-17(23)14-26-19(20)1-2-21(28)29/h1-2,9-11,13-14,18,25H,3-8,12H2. The van der Waals surface area contributed by atoms with E-state index in [9.17, 15) is 9.18 Å². The Morgan fingerprint density at radius 2 is 1.97 bits per heavy atom. The summed E-state index contributed by atoms with van der Waals surface area (Å²) in [5, 5.41) is 3.61. The van der Waals surface area contributed by atoms with Gasteiger partial charge in [-0.25, -0.2) is 4.39 Å². The number of halogens is 2. The molecule has 0 radical (unpaired) electrons. The zero-order valence-corrected chi connectivity index (χ0v) is 17.6. The van der Waals surface area contributed by atoms with E-state index < -0.39 is 5.82 Å². The molecule has 152 valence electrons. The lowest BCUT2D eigenvalue weighted by Gasteiger charge is -2.32. The predicted octanol–water partition coefficient (Wildman–Crippen LogP) is 2.95. The highest BCUT2D eigenvalue weighted by Gasteiger charge is 2.19. The topological polar surface area (TPSA) is 63.1 Å². The summed E-state index contributed by atoms with van der Waals surface area (Å²) in [5.41, 5.74) is 2.23. The molecule has 4 rings (SSSR count). The Hall–Kier alpha value is -2.16. The number of rotatable bonds is 6. The Kier molecular flexibility index (Phi) is 6.32. The monoisotopic (exact) mass is 459 g/mol. The molecule has 1 aliphatic rings. The first-order valence-electron chi connectivity index (χ1n) is 9.79. The largest absolute Gasteiger partial charge is 0.310 e. The SMILES string of the molecule is O=c1ccc2ncc(F)cc2n1CCN1CCC(NCc2cncc(Br)c2)CC1. The molecular weight excluding hydrogens is 437 g/mol. The van der Waals surface area contributed by atoms with E-state index in [0.717, 1.165) is 49.1 Å². The van der Waals surface area contributed by atoms with E-state index in [1.807, 2.05) is 6.20 Å². The van der Waals surface area contributed by atoms with Crippen LogP contribution in [0.3, 0.4) is 0 Å². The molecule has 8 heteroatoms. The number of nitrogens with zero attached hydrogens (tertiary/aromatic N) is 4. The highest BCUT2D eigenvalue weighted by molar-refractivity contribution is 9.10. The van der Waals surface area contributed by atoms with Crippen LogP contribution < -0.4 is 10.9 Å². The fraction of sp³-hybridized carbons (Fsp3) is 0.381. The number of hydrogen-bond donors (Lipinski definition) is 1. The van der Waals surface area contributed by atoms with Gasteiger partial charge in [0.1, 0.15) is 5.82 Å². The van der Waals surface area contributed by atoms with E-state index in [0.29, 0.717) is 23.6 Å². The van der Waals surface area contributed by atoms with Gasteiger partial charge in [0, 0.05) is 54.7 Å². The van der Waals surface area contributed by atoms with Gasteiger partial charge in [0.15, 0.2) is 0 Å². The minimum absolute atomic E-state index is 0.121. The zero-order valence-electron chi connectivity index (χ0n) is 16.0. The van der Waals surface area contributed by atoms with Crippen LogP contribution in [0.15, 0.2) is 52.1 Å². The van der Waals surface area contributed by atoms with Crippen LogP contribution in [0.1, 0.15) is 18.4 Å². The molecule has 0 spiro atoms. The van der Waals surface area contributed by atoms with Crippen LogP contribution in [0.4, 0.5) is 4.39 Å². The normalized spacial score (nSPS) is 15.8. The first kappa shape index (κ1) is 20.1. The van der Waals surface area contributed by atoms with Gasteiger partial charge in [0.25, 0.3) is 5.56 Å². The number of nitrogens with one attached hydrogen (secondary N) is 1. The van der Waals surface area contributed by atoms with E-state index >= 15 is 0 Å². The molecule has 0 amide bonds. The van der Waals surface area contributed by atoms with Crippen molar-refractivity contribution in [2.75, 3.05) is 19.6 Å². The van der Waals surface area contributed by atoms with Gasteiger partial charge in [-0.3, -0.25) is 14.8 Å². The molecule has 29 heavy (non-hydrogen) atoms. The maximum atomic E-state index is 13.6. The van der Waals surface area contributed by atoms with Crippen molar-refractivity contribution in [1.82, 2.24) is 24.8 Å². The molecule has 3 aromatic rings. The average molecular weight is 460 g/mol. The molecule has 6 nitrogen and oxygen atoms in total. The van der Waals surface area contributed by atoms with Gasteiger partial charge in [-0.05, 0) is 59.6 Å².